The van der Waals surface area contributed by atoms with Crippen molar-refractivity contribution < 1.29 is 19.0 Å². The first-order chi connectivity index (χ1) is 15.0. The normalized spacial score (nSPS) is 15.9. The summed E-state index contributed by atoms with van der Waals surface area (Å²) in [6, 6.07) is 11.2. The number of carbonyl (C=O) groups excluding carboxylic acids is 1. The van der Waals surface area contributed by atoms with E-state index in [0.717, 1.165) is 31.7 Å². The molecule has 0 aromatic heterocycles. The van der Waals surface area contributed by atoms with Crippen molar-refractivity contribution in [3.05, 3.63) is 52.5 Å². The van der Waals surface area contributed by atoms with Gasteiger partial charge in [-0.1, -0.05) is 23.7 Å². The van der Waals surface area contributed by atoms with E-state index in [1.165, 1.54) is 21.3 Å². The Balaban J connectivity index is 1.79. The van der Waals surface area contributed by atoms with Gasteiger partial charge in [0.15, 0.2) is 11.5 Å². The molecule has 1 atom stereocenters. The van der Waals surface area contributed by atoms with Crippen LogP contribution >= 0.6 is 11.6 Å². The highest BCUT2D eigenvalue weighted by atomic mass is 35.5. The third-order valence-electron chi connectivity index (χ3n) is 5.62. The van der Waals surface area contributed by atoms with Gasteiger partial charge >= 0.3 is 0 Å². The molecular weight excluding hydrogens is 418 g/mol. The van der Waals surface area contributed by atoms with Gasteiger partial charge in [0.1, 0.15) is 0 Å². The average molecular weight is 448 g/mol. The van der Waals surface area contributed by atoms with Gasteiger partial charge in [0.2, 0.25) is 5.75 Å². The lowest BCUT2D eigenvalue weighted by Crippen LogP contribution is -2.48. The number of rotatable bonds is 8. The lowest BCUT2D eigenvalue weighted by atomic mass is 10.0. The van der Waals surface area contributed by atoms with Gasteiger partial charge in [-0.05, 0) is 36.9 Å². The Labute approximate surface area is 188 Å². The average Bonchev–Trinajstić information content (AvgIpc) is 2.80. The fourth-order valence-corrected chi connectivity index (χ4v) is 3.91. The van der Waals surface area contributed by atoms with Crippen molar-refractivity contribution >= 4 is 17.5 Å². The second-order valence-corrected chi connectivity index (χ2v) is 7.97. The fourth-order valence-electron chi connectivity index (χ4n) is 3.78. The molecule has 7 nitrogen and oxygen atoms in total. The highest BCUT2D eigenvalue weighted by molar-refractivity contribution is 6.30. The van der Waals surface area contributed by atoms with Crippen LogP contribution in [0.25, 0.3) is 0 Å². The fraction of sp³-hybridized carbons (Fsp3) is 0.435. The molecule has 1 aliphatic rings. The number of methoxy groups -OCH3 is 3. The van der Waals surface area contributed by atoms with Crippen molar-refractivity contribution in [2.75, 3.05) is 61.1 Å². The molecule has 3 rings (SSSR count). The molecule has 1 fully saturated rings. The Morgan fingerprint density at radius 2 is 1.58 bits per heavy atom. The van der Waals surface area contributed by atoms with Crippen LogP contribution in [0.2, 0.25) is 5.02 Å². The van der Waals surface area contributed by atoms with E-state index in [-0.39, 0.29) is 11.9 Å². The van der Waals surface area contributed by atoms with E-state index in [0.29, 0.717) is 34.4 Å². The quantitative estimate of drug-likeness (QED) is 0.671. The number of benzene rings is 2. The Morgan fingerprint density at radius 3 is 2.10 bits per heavy atom. The highest BCUT2D eigenvalue weighted by Gasteiger charge is 2.25. The van der Waals surface area contributed by atoms with Gasteiger partial charge in [0.25, 0.3) is 5.91 Å². The molecule has 0 spiro atoms. The minimum absolute atomic E-state index is 0.0527. The van der Waals surface area contributed by atoms with Crippen LogP contribution in [-0.2, 0) is 0 Å². The van der Waals surface area contributed by atoms with Gasteiger partial charge < -0.3 is 24.4 Å². The summed E-state index contributed by atoms with van der Waals surface area (Å²) in [6.07, 6.45) is 0. The zero-order valence-corrected chi connectivity index (χ0v) is 19.2. The molecule has 1 heterocycles. The summed E-state index contributed by atoms with van der Waals surface area (Å²) in [5.41, 5.74) is 1.57. The van der Waals surface area contributed by atoms with Gasteiger partial charge in [0, 0.05) is 43.3 Å². The summed E-state index contributed by atoms with van der Waals surface area (Å²) in [6.45, 7) is 4.32. The minimum Gasteiger partial charge on any atom is -0.493 e. The van der Waals surface area contributed by atoms with Crippen LogP contribution in [0, 0.1) is 0 Å². The number of likely N-dealkylation sites (N-methyl/N-ethyl adjacent to an activating group) is 1. The number of hydrogen-bond donors (Lipinski definition) is 1. The van der Waals surface area contributed by atoms with Crippen LogP contribution in [-0.4, -0.2) is 76.8 Å². The molecule has 0 saturated carbocycles. The Morgan fingerprint density at radius 1 is 1.00 bits per heavy atom. The maximum absolute atomic E-state index is 13.0. The summed E-state index contributed by atoms with van der Waals surface area (Å²) in [4.78, 5) is 17.7. The molecule has 1 N–H and O–H groups in total. The van der Waals surface area contributed by atoms with Crippen LogP contribution in [0.3, 0.4) is 0 Å². The summed E-state index contributed by atoms with van der Waals surface area (Å²) in [7, 11) is 6.72. The number of nitrogens with zero attached hydrogens (tertiary/aromatic N) is 2. The summed E-state index contributed by atoms with van der Waals surface area (Å²) >= 11 is 6.09. The third kappa shape index (κ3) is 5.61. The number of amides is 1. The van der Waals surface area contributed by atoms with Crippen molar-refractivity contribution in [1.29, 1.82) is 0 Å². The predicted molar refractivity (Wildman–Crippen MR) is 122 cm³/mol. The summed E-state index contributed by atoms with van der Waals surface area (Å²) < 4.78 is 16.1. The predicted octanol–water partition coefficient (Wildman–Crippen LogP) is 3.08. The van der Waals surface area contributed by atoms with Crippen molar-refractivity contribution in [2.24, 2.45) is 0 Å². The van der Waals surface area contributed by atoms with Crippen LogP contribution in [0.4, 0.5) is 0 Å². The molecule has 2 aromatic carbocycles. The van der Waals surface area contributed by atoms with Crippen LogP contribution in [0.5, 0.6) is 17.2 Å². The second-order valence-electron chi connectivity index (χ2n) is 7.53. The van der Waals surface area contributed by atoms with Crippen LogP contribution < -0.4 is 19.5 Å². The maximum atomic E-state index is 13.0. The zero-order valence-electron chi connectivity index (χ0n) is 18.5. The van der Waals surface area contributed by atoms with Gasteiger partial charge in [0.05, 0.1) is 27.4 Å². The molecule has 0 radical (unpaired) electrons. The van der Waals surface area contributed by atoms with Gasteiger partial charge in [-0.25, -0.2) is 0 Å². The summed E-state index contributed by atoms with van der Waals surface area (Å²) in [5.74, 6) is 1.14. The molecule has 31 heavy (non-hydrogen) atoms. The van der Waals surface area contributed by atoms with E-state index < -0.39 is 0 Å². The number of piperazine rings is 1. The van der Waals surface area contributed by atoms with Gasteiger partial charge in [-0.15, -0.1) is 0 Å². The minimum atomic E-state index is -0.202. The van der Waals surface area contributed by atoms with E-state index in [1.807, 2.05) is 24.3 Å². The van der Waals surface area contributed by atoms with Gasteiger partial charge in [-0.2, -0.15) is 0 Å². The maximum Gasteiger partial charge on any atom is 0.251 e. The van der Waals surface area contributed by atoms with E-state index in [2.05, 4.69) is 22.2 Å². The smallest absolute Gasteiger partial charge is 0.251 e. The SMILES string of the molecule is COc1cc(C(=O)NC[C@@H](c2ccc(Cl)cc2)N2CCN(C)CC2)cc(OC)c1OC. The Kier molecular flexibility index (Phi) is 8.01. The molecular formula is C23H30ClN3O4. The number of carbonyl (C=O) groups is 1. The number of ether oxygens (including phenoxy) is 3. The first-order valence-electron chi connectivity index (χ1n) is 10.2. The third-order valence-corrected chi connectivity index (χ3v) is 5.87. The molecule has 0 aliphatic carbocycles. The molecule has 0 bridgehead atoms. The topological polar surface area (TPSA) is 63.3 Å². The largest absolute Gasteiger partial charge is 0.493 e. The molecule has 1 aliphatic heterocycles. The van der Waals surface area contributed by atoms with E-state index >= 15 is 0 Å². The van der Waals surface area contributed by atoms with Crippen molar-refractivity contribution in [1.82, 2.24) is 15.1 Å². The second kappa shape index (κ2) is 10.7. The van der Waals surface area contributed by atoms with E-state index in [1.54, 1.807) is 12.1 Å². The molecule has 2 aromatic rings. The molecule has 1 saturated heterocycles. The zero-order chi connectivity index (χ0) is 22.4. The first kappa shape index (κ1) is 23.2. The van der Waals surface area contributed by atoms with Crippen LogP contribution in [0.15, 0.2) is 36.4 Å². The molecule has 0 unspecified atom stereocenters. The number of halogens is 1. The number of nitrogens with one attached hydrogen (secondary N) is 1. The first-order valence-corrected chi connectivity index (χ1v) is 10.6. The van der Waals surface area contributed by atoms with E-state index in [4.69, 9.17) is 25.8 Å². The monoisotopic (exact) mass is 447 g/mol. The standard InChI is InChI=1S/C23H30ClN3O4/c1-26-9-11-27(12-10-26)19(16-5-7-18(24)8-6-16)15-25-23(28)17-13-20(29-2)22(31-4)21(14-17)30-3/h5-8,13-14,19H,9-12,15H2,1-4H3,(H,25,28)/t19-/m0/s1. The number of hydrogen-bond acceptors (Lipinski definition) is 6. The Bertz CT molecular complexity index is 858. The Hall–Kier alpha value is -2.48. The van der Waals surface area contributed by atoms with Crippen molar-refractivity contribution in [3.63, 3.8) is 0 Å². The molecule has 168 valence electrons. The highest BCUT2D eigenvalue weighted by Crippen LogP contribution is 2.38. The molecule has 8 heteroatoms. The van der Waals surface area contributed by atoms with Crippen molar-refractivity contribution in [2.45, 2.75) is 6.04 Å². The van der Waals surface area contributed by atoms with Gasteiger partial charge in [-0.3, -0.25) is 9.69 Å². The van der Waals surface area contributed by atoms with Crippen molar-refractivity contribution in [3.8, 4) is 17.2 Å². The van der Waals surface area contributed by atoms with Crippen LogP contribution in [0.1, 0.15) is 22.0 Å². The summed E-state index contributed by atoms with van der Waals surface area (Å²) in [5, 5.41) is 3.78. The van der Waals surface area contributed by atoms with E-state index in [9.17, 15) is 4.79 Å². The molecule has 1 amide bonds. The lowest BCUT2D eigenvalue weighted by molar-refractivity contribution is 0.0885. The lowest BCUT2D eigenvalue weighted by Gasteiger charge is -2.38.